The van der Waals surface area contributed by atoms with Gasteiger partial charge in [-0.3, -0.25) is 20.4 Å². The van der Waals surface area contributed by atoms with E-state index in [1.165, 1.54) is 38.6 Å². The van der Waals surface area contributed by atoms with Gasteiger partial charge in [0.05, 0.1) is 35.8 Å². The molecule has 0 saturated carbocycles. The molecule has 156 valence electrons. The molecule has 2 amide bonds. The maximum Gasteiger partial charge on any atom is 0.269 e. The topological polar surface area (TPSA) is 85.9 Å². The molecule has 0 aliphatic rings. The van der Waals surface area contributed by atoms with Crippen LogP contribution in [-0.2, 0) is 11.2 Å². The van der Waals surface area contributed by atoms with E-state index in [1.807, 2.05) is 12.1 Å². The largest absolute Gasteiger partial charge is 0.493 e. The summed E-state index contributed by atoms with van der Waals surface area (Å²) in [6.07, 6.45) is 0.168. The maximum absolute atomic E-state index is 12.4. The monoisotopic (exact) mass is 416 g/mol. The van der Waals surface area contributed by atoms with Gasteiger partial charge in [-0.05, 0) is 17.7 Å². The van der Waals surface area contributed by atoms with Crippen LogP contribution in [0.2, 0.25) is 19.6 Å². The second kappa shape index (κ2) is 9.47. The summed E-state index contributed by atoms with van der Waals surface area (Å²) in [5.74, 6) is 0.284. The van der Waals surface area contributed by atoms with E-state index in [9.17, 15) is 9.59 Å². The number of hydrogen-bond acceptors (Lipinski definition) is 5. The molecule has 0 fully saturated rings. The average molecular weight is 417 g/mol. The first-order valence-electron chi connectivity index (χ1n) is 9.18. The van der Waals surface area contributed by atoms with Crippen molar-refractivity contribution in [1.82, 2.24) is 10.9 Å². The number of methoxy groups -OCH3 is 3. The lowest BCUT2D eigenvalue weighted by Crippen LogP contribution is -2.42. The Morgan fingerprint density at radius 3 is 1.86 bits per heavy atom. The van der Waals surface area contributed by atoms with Gasteiger partial charge in [-0.2, -0.15) is 0 Å². The zero-order valence-electron chi connectivity index (χ0n) is 17.7. The van der Waals surface area contributed by atoms with E-state index in [4.69, 9.17) is 14.2 Å². The van der Waals surface area contributed by atoms with Gasteiger partial charge in [0, 0.05) is 5.56 Å². The van der Waals surface area contributed by atoms with Crippen molar-refractivity contribution in [3.63, 3.8) is 0 Å². The molecule has 0 heterocycles. The third-order valence-electron chi connectivity index (χ3n) is 4.43. The molecular formula is C21H28N2O5Si. The molecular weight excluding hydrogens is 388 g/mol. The Labute approximate surface area is 172 Å². The minimum Gasteiger partial charge on any atom is -0.493 e. The Bertz CT molecular complexity index is 851. The third kappa shape index (κ3) is 5.74. The number of ether oxygens (including phenoxy) is 3. The number of hydrazine groups is 1. The highest BCUT2D eigenvalue weighted by Crippen LogP contribution is 2.38. The molecule has 8 heteroatoms. The zero-order valence-corrected chi connectivity index (χ0v) is 18.7. The van der Waals surface area contributed by atoms with Crippen LogP contribution < -0.4 is 30.2 Å². The Morgan fingerprint density at radius 2 is 1.41 bits per heavy atom. The molecule has 2 aromatic rings. The molecule has 0 aliphatic carbocycles. The van der Waals surface area contributed by atoms with Gasteiger partial charge in [-0.25, -0.2) is 0 Å². The van der Waals surface area contributed by atoms with E-state index < -0.39 is 14.0 Å². The molecule has 29 heavy (non-hydrogen) atoms. The summed E-state index contributed by atoms with van der Waals surface area (Å²) in [7, 11) is 3.04. The molecule has 0 radical (unpaired) electrons. The number of hydrogen-bond donors (Lipinski definition) is 2. The fraction of sp³-hybridized carbons (Fsp3) is 0.333. The lowest BCUT2D eigenvalue weighted by molar-refractivity contribution is -0.121. The number of nitrogens with one attached hydrogen (secondary N) is 2. The second-order valence-corrected chi connectivity index (χ2v) is 12.6. The minimum atomic E-state index is -1.37. The van der Waals surface area contributed by atoms with Crippen LogP contribution in [-0.4, -0.2) is 41.2 Å². The molecule has 0 aliphatic heterocycles. The van der Waals surface area contributed by atoms with Crippen molar-refractivity contribution in [3.05, 3.63) is 47.5 Å². The lowest BCUT2D eigenvalue weighted by atomic mass is 10.1. The summed E-state index contributed by atoms with van der Waals surface area (Å²) >= 11 is 0. The number of rotatable bonds is 7. The van der Waals surface area contributed by atoms with Gasteiger partial charge in [0.1, 0.15) is 0 Å². The first-order valence-corrected chi connectivity index (χ1v) is 12.7. The molecule has 0 atom stereocenters. The predicted octanol–water partition coefficient (Wildman–Crippen LogP) is 2.26. The van der Waals surface area contributed by atoms with Crippen molar-refractivity contribution in [2.75, 3.05) is 21.3 Å². The quantitative estimate of drug-likeness (QED) is 0.534. The molecule has 0 bridgehead atoms. The van der Waals surface area contributed by atoms with E-state index in [0.29, 0.717) is 17.2 Å². The van der Waals surface area contributed by atoms with Crippen LogP contribution >= 0.6 is 0 Å². The predicted molar refractivity (Wildman–Crippen MR) is 115 cm³/mol. The summed E-state index contributed by atoms with van der Waals surface area (Å²) in [5.41, 5.74) is 5.99. The van der Waals surface area contributed by atoms with Crippen LogP contribution in [0.4, 0.5) is 0 Å². The number of amides is 2. The Morgan fingerprint density at radius 1 is 0.862 bits per heavy atom. The first-order chi connectivity index (χ1) is 13.7. The summed E-state index contributed by atoms with van der Waals surface area (Å²) < 4.78 is 15.7. The van der Waals surface area contributed by atoms with Crippen LogP contribution in [0.3, 0.4) is 0 Å². The summed E-state index contributed by atoms with van der Waals surface area (Å²) in [5, 5.41) is 1.33. The normalized spacial score (nSPS) is 10.8. The van der Waals surface area contributed by atoms with Crippen molar-refractivity contribution in [2.24, 2.45) is 0 Å². The van der Waals surface area contributed by atoms with Gasteiger partial charge in [-0.1, -0.05) is 49.1 Å². The van der Waals surface area contributed by atoms with E-state index >= 15 is 0 Å². The lowest BCUT2D eigenvalue weighted by Gasteiger charge is -2.16. The maximum atomic E-state index is 12.4. The van der Waals surface area contributed by atoms with Crippen LogP contribution in [0.1, 0.15) is 15.9 Å². The van der Waals surface area contributed by atoms with Gasteiger partial charge in [-0.15, -0.1) is 0 Å². The third-order valence-corrected chi connectivity index (χ3v) is 6.49. The highest BCUT2D eigenvalue weighted by atomic mass is 28.3. The van der Waals surface area contributed by atoms with Crippen molar-refractivity contribution in [1.29, 1.82) is 0 Å². The summed E-state index contributed by atoms with van der Waals surface area (Å²) in [6.45, 7) is 6.81. The molecule has 2 N–H and O–H groups in total. The van der Waals surface area contributed by atoms with Crippen molar-refractivity contribution < 1.29 is 23.8 Å². The fourth-order valence-corrected chi connectivity index (χ4v) is 3.93. The van der Waals surface area contributed by atoms with Crippen molar-refractivity contribution >= 4 is 25.1 Å². The smallest absolute Gasteiger partial charge is 0.269 e. The van der Waals surface area contributed by atoms with Crippen molar-refractivity contribution in [2.45, 2.75) is 26.1 Å². The van der Waals surface area contributed by atoms with Gasteiger partial charge < -0.3 is 14.2 Å². The van der Waals surface area contributed by atoms with Gasteiger partial charge >= 0.3 is 0 Å². The van der Waals surface area contributed by atoms with Gasteiger partial charge in [0.15, 0.2) is 11.5 Å². The Balaban J connectivity index is 2.00. The SMILES string of the molecule is COc1cc(C(=O)NNC(=O)Cc2ccc([Si](C)(C)C)cc2)cc(OC)c1OC. The molecule has 2 rings (SSSR count). The fourth-order valence-electron chi connectivity index (χ4n) is 2.76. The van der Waals surface area contributed by atoms with E-state index in [-0.39, 0.29) is 17.9 Å². The minimum absolute atomic E-state index is 0.168. The summed E-state index contributed by atoms with van der Waals surface area (Å²) in [6, 6.07) is 11.1. The highest BCUT2D eigenvalue weighted by molar-refractivity contribution is 6.88. The van der Waals surface area contributed by atoms with Crippen LogP contribution in [0.25, 0.3) is 0 Å². The van der Waals surface area contributed by atoms with E-state index in [0.717, 1.165) is 5.56 Å². The molecule has 0 spiro atoms. The molecule has 7 nitrogen and oxygen atoms in total. The first kappa shape index (κ1) is 22.3. The second-order valence-electron chi connectivity index (χ2n) is 7.54. The average Bonchev–Trinajstić information content (AvgIpc) is 2.70. The number of carbonyl (C=O) groups excluding carboxylic acids is 2. The zero-order chi connectivity index (χ0) is 21.6. The Hall–Kier alpha value is -3.00. The number of benzene rings is 2. The molecule has 2 aromatic carbocycles. The van der Waals surface area contributed by atoms with Crippen LogP contribution in [0.15, 0.2) is 36.4 Å². The van der Waals surface area contributed by atoms with Crippen LogP contribution in [0, 0.1) is 0 Å². The Kier molecular flexibility index (Phi) is 7.27. The summed E-state index contributed by atoms with van der Waals surface area (Å²) in [4.78, 5) is 24.6. The van der Waals surface area contributed by atoms with Gasteiger partial charge in [0.25, 0.3) is 5.91 Å². The van der Waals surface area contributed by atoms with Crippen LogP contribution in [0.5, 0.6) is 17.2 Å². The van der Waals surface area contributed by atoms with E-state index in [1.54, 1.807) is 0 Å². The standard InChI is InChI=1S/C21H28N2O5Si/c1-26-17-12-15(13-18(27-2)20(17)28-3)21(25)23-22-19(24)11-14-7-9-16(10-8-14)29(4,5)6/h7-10,12-13H,11H2,1-6H3,(H,22,24)(H,23,25). The highest BCUT2D eigenvalue weighted by Gasteiger charge is 2.18. The van der Waals surface area contributed by atoms with Crippen molar-refractivity contribution in [3.8, 4) is 17.2 Å². The molecule has 0 aromatic heterocycles. The number of carbonyl (C=O) groups is 2. The van der Waals surface area contributed by atoms with Gasteiger partial charge in [0.2, 0.25) is 11.7 Å². The molecule has 0 unspecified atom stereocenters. The molecule has 0 saturated heterocycles. The van der Waals surface area contributed by atoms with E-state index in [2.05, 4.69) is 42.6 Å².